The number of fused-ring (bicyclic) bond motifs is 4. The molecule has 2 aliphatic rings. The van der Waals surface area contributed by atoms with Crippen molar-refractivity contribution in [1.82, 2.24) is 0 Å². The third-order valence-corrected chi connectivity index (χ3v) is 7.16. The Morgan fingerprint density at radius 3 is 1.72 bits per heavy atom. The van der Waals surface area contributed by atoms with Gasteiger partial charge in [0, 0.05) is 41.1 Å². The Hall–Kier alpha value is -5.28. The highest BCUT2D eigenvalue weighted by molar-refractivity contribution is 6.33. The van der Waals surface area contributed by atoms with Crippen LogP contribution in [0.4, 0.5) is 17.1 Å². The molecule has 39 heavy (non-hydrogen) atoms. The van der Waals surface area contributed by atoms with Crippen LogP contribution in [0, 0.1) is 0 Å². The van der Waals surface area contributed by atoms with Gasteiger partial charge < -0.3 is 15.2 Å². The minimum atomic E-state index is -0.553. The Morgan fingerprint density at radius 2 is 1.21 bits per heavy atom. The van der Waals surface area contributed by atoms with E-state index >= 15 is 0 Å². The van der Waals surface area contributed by atoms with E-state index in [4.69, 9.17) is 10.6 Å². The molecule has 0 aromatic heterocycles. The molecule has 0 saturated carbocycles. The molecule has 2 aliphatic carbocycles. The maximum atomic E-state index is 13.8. The van der Waals surface area contributed by atoms with E-state index in [1.807, 2.05) is 0 Å². The van der Waals surface area contributed by atoms with Gasteiger partial charge in [0.15, 0.2) is 23.1 Å². The van der Waals surface area contributed by atoms with Gasteiger partial charge in [-0.25, -0.2) is 5.84 Å². The van der Waals surface area contributed by atoms with E-state index in [0.29, 0.717) is 5.69 Å². The lowest BCUT2D eigenvalue weighted by Gasteiger charge is -2.31. The first-order valence-electron chi connectivity index (χ1n) is 12.0. The van der Waals surface area contributed by atoms with Gasteiger partial charge in [-0.15, -0.1) is 0 Å². The second-order valence-electron chi connectivity index (χ2n) is 9.11. The molecule has 4 N–H and O–H groups in total. The van der Waals surface area contributed by atoms with Crippen molar-refractivity contribution in [3.63, 3.8) is 0 Å². The molecule has 0 saturated heterocycles. The minimum Gasteiger partial charge on any atom is -0.507 e. The molecule has 9 heteroatoms. The molecule has 0 amide bonds. The number of carbonyl (C=O) groups is 4. The second-order valence-corrected chi connectivity index (χ2v) is 9.11. The van der Waals surface area contributed by atoms with Gasteiger partial charge in [0.1, 0.15) is 17.2 Å². The topological polar surface area (TPSA) is 139 Å². The van der Waals surface area contributed by atoms with E-state index < -0.39 is 23.1 Å². The van der Waals surface area contributed by atoms with Gasteiger partial charge in [-0.05, 0) is 12.1 Å². The molecule has 0 unspecified atom stereocenters. The average Bonchev–Trinajstić information content (AvgIpc) is 2.97. The molecule has 0 aliphatic heterocycles. The molecule has 0 heterocycles. The SMILES string of the molecule is CNc1ccc(N(N)c2c(OC)cc(O)c3c2C(=O)c2ccccc2C3=O)c2c1C(=O)c1ccccc1C2=O. The van der Waals surface area contributed by atoms with Crippen molar-refractivity contribution in [2.24, 2.45) is 5.84 Å². The lowest BCUT2D eigenvalue weighted by molar-refractivity contribution is 0.0976. The quantitative estimate of drug-likeness (QED) is 0.233. The number of methoxy groups -OCH3 is 1. The number of phenolic OH excluding ortho intramolecular Hbond substituents is 1. The maximum absolute atomic E-state index is 13.8. The number of aromatic hydroxyl groups is 1. The van der Waals surface area contributed by atoms with E-state index in [-0.39, 0.29) is 67.4 Å². The van der Waals surface area contributed by atoms with Crippen LogP contribution in [0.3, 0.4) is 0 Å². The molecule has 0 bridgehead atoms. The van der Waals surface area contributed by atoms with Crippen molar-refractivity contribution < 1.29 is 29.0 Å². The molecule has 0 fully saturated rings. The molecule has 9 nitrogen and oxygen atoms in total. The smallest absolute Gasteiger partial charge is 0.198 e. The fourth-order valence-corrected chi connectivity index (χ4v) is 5.36. The second kappa shape index (κ2) is 8.64. The number of carbonyl (C=O) groups excluding carboxylic acids is 4. The summed E-state index contributed by atoms with van der Waals surface area (Å²) in [6.45, 7) is 0. The van der Waals surface area contributed by atoms with Crippen molar-refractivity contribution in [2.75, 3.05) is 24.5 Å². The number of phenols is 1. The van der Waals surface area contributed by atoms with Gasteiger partial charge in [-0.2, -0.15) is 0 Å². The van der Waals surface area contributed by atoms with Crippen LogP contribution < -0.4 is 20.9 Å². The van der Waals surface area contributed by atoms with E-state index in [1.54, 1.807) is 55.6 Å². The fraction of sp³-hybridized carbons (Fsp3) is 0.0667. The first-order chi connectivity index (χ1) is 18.8. The number of nitrogens with one attached hydrogen (secondary N) is 1. The Kier molecular flexibility index (Phi) is 5.34. The van der Waals surface area contributed by atoms with Gasteiger partial charge in [-0.3, -0.25) is 24.2 Å². The number of nitrogens with two attached hydrogens (primary N) is 1. The van der Waals surface area contributed by atoms with Gasteiger partial charge in [-0.1, -0.05) is 48.5 Å². The van der Waals surface area contributed by atoms with E-state index in [2.05, 4.69) is 5.32 Å². The summed E-state index contributed by atoms with van der Waals surface area (Å²) >= 11 is 0. The molecule has 192 valence electrons. The Balaban J connectivity index is 1.64. The summed E-state index contributed by atoms with van der Waals surface area (Å²) in [5.41, 5.74) is 1.07. The summed E-state index contributed by atoms with van der Waals surface area (Å²) < 4.78 is 5.49. The third kappa shape index (κ3) is 3.23. The number of rotatable bonds is 4. The summed E-state index contributed by atoms with van der Waals surface area (Å²) in [5.74, 6) is 4.32. The number of benzene rings is 4. The van der Waals surface area contributed by atoms with Gasteiger partial charge in [0.25, 0.3) is 0 Å². The summed E-state index contributed by atoms with van der Waals surface area (Å²) in [6, 6.07) is 17.1. The predicted molar refractivity (Wildman–Crippen MR) is 144 cm³/mol. The first kappa shape index (κ1) is 24.1. The standard InChI is InChI=1S/C30H21N3O6/c1-32-18-11-12-19(23-22(18)27(35)14-7-3-4-8-15(14)28(23)36)33(31)26-21(39-2)13-20(34)24-25(26)30(38)17-10-6-5-9-16(17)29(24)37/h3-13,32,34H,31H2,1-2H3. The Labute approximate surface area is 222 Å². The number of nitrogens with zero attached hydrogens (tertiary/aromatic N) is 1. The van der Waals surface area contributed by atoms with Crippen LogP contribution in [-0.4, -0.2) is 42.4 Å². The van der Waals surface area contributed by atoms with Crippen molar-refractivity contribution in [3.8, 4) is 11.5 Å². The predicted octanol–water partition coefficient (Wildman–Crippen LogP) is 4.01. The van der Waals surface area contributed by atoms with Gasteiger partial charge in [0.05, 0.1) is 35.1 Å². The Bertz CT molecular complexity index is 1790. The van der Waals surface area contributed by atoms with Crippen molar-refractivity contribution in [2.45, 2.75) is 0 Å². The number of hydrazine groups is 1. The van der Waals surface area contributed by atoms with Crippen molar-refractivity contribution in [1.29, 1.82) is 0 Å². The lowest BCUT2D eigenvalue weighted by atomic mass is 9.81. The molecule has 4 aromatic carbocycles. The van der Waals surface area contributed by atoms with E-state index in [0.717, 1.165) is 5.01 Å². The third-order valence-electron chi connectivity index (χ3n) is 7.16. The van der Waals surface area contributed by atoms with Crippen LogP contribution in [0.2, 0.25) is 0 Å². The van der Waals surface area contributed by atoms with Crippen LogP contribution >= 0.6 is 0 Å². The summed E-state index contributed by atoms with van der Waals surface area (Å²) in [6.07, 6.45) is 0. The normalized spacial score (nSPS) is 13.3. The van der Waals surface area contributed by atoms with Crippen molar-refractivity contribution >= 4 is 40.2 Å². The van der Waals surface area contributed by atoms with Crippen molar-refractivity contribution in [3.05, 3.63) is 111 Å². The zero-order valence-electron chi connectivity index (χ0n) is 20.9. The zero-order chi connectivity index (χ0) is 27.6. The van der Waals surface area contributed by atoms with Crippen LogP contribution in [0.15, 0.2) is 66.7 Å². The summed E-state index contributed by atoms with van der Waals surface area (Å²) in [5, 5.41) is 14.8. The highest BCUT2D eigenvalue weighted by Crippen LogP contribution is 2.47. The van der Waals surface area contributed by atoms with Crippen LogP contribution in [-0.2, 0) is 0 Å². The van der Waals surface area contributed by atoms with Crippen LogP contribution in [0.25, 0.3) is 0 Å². The molecule has 0 atom stereocenters. The first-order valence-corrected chi connectivity index (χ1v) is 12.0. The summed E-state index contributed by atoms with van der Waals surface area (Å²) in [7, 11) is 2.96. The van der Waals surface area contributed by atoms with Gasteiger partial charge >= 0.3 is 0 Å². The van der Waals surface area contributed by atoms with Crippen LogP contribution in [0.1, 0.15) is 63.7 Å². The Morgan fingerprint density at radius 1 is 0.718 bits per heavy atom. The lowest BCUT2D eigenvalue weighted by Crippen LogP contribution is -2.33. The number of hydrogen-bond donors (Lipinski definition) is 3. The van der Waals surface area contributed by atoms with E-state index in [9.17, 15) is 24.3 Å². The number of ether oxygens (including phenoxy) is 1. The van der Waals surface area contributed by atoms with Crippen LogP contribution in [0.5, 0.6) is 11.5 Å². The molecule has 0 radical (unpaired) electrons. The largest absolute Gasteiger partial charge is 0.507 e. The number of anilines is 3. The monoisotopic (exact) mass is 519 g/mol. The van der Waals surface area contributed by atoms with Gasteiger partial charge in [0.2, 0.25) is 0 Å². The molecule has 0 spiro atoms. The van der Waals surface area contributed by atoms with E-state index in [1.165, 1.54) is 25.3 Å². The highest BCUT2D eigenvalue weighted by atomic mass is 16.5. The molecule has 6 rings (SSSR count). The molecular weight excluding hydrogens is 498 g/mol. The highest BCUT2D eigenvalue weighted by Gasteiger charge is 2.40. The number of ketones is 4. The minimum absolute atomic E-state index is 0.00397. The average molecular weight is 520 g/mol. The zero-order valence-corrected chi connectivity index (χ0v) is 20.9. The molecular formula is C30H21N3O6. The summed E-state index contributed by atoms with van der Waals surface area (Å²) in [4.78, 5) is 54.6. The molecule has 4 aromatic rings. The fourth-order valence-electron chi connectivity index (χ4n) is 5.36. The number of hydrogen-bond acceptors (Lipinski definition) is 9. The maximum Gasteiger partial charge on any atom is 0.198 e.